The summed E-state index contributed by atoms with van der Waals surface area (Å²) in [6.07, 6.45) is 5.42. The molecule has 0 aromatic heterocycles. The van der Waals surface area contributed by atoms with Crippen molar-refractivity contribution in [1.82, 2.24) is 0 Å². The van der Waals surface area contributed by atoms with Crippen molar-refractivity contribution in [3.05, 3.63) is 0 Å². The van der Waals surface area contributed by atoms with Gasteiger partial charge in [-0.2, -0.15) is 0 Å². The van der Waals surface area contributed by atoms with Crippen molar-refractivity contribution in [2.75, 3.05) is 13.2 Å². The van der Waals surface area contributed by atoms with Gasteiger partial charge in [-0.15, -0.1) is 0 Å². The number of aliphatic hydroxyl groups is 2. The molecule has 0 aliphatic rings. The zero-order valence-electron chi connectivity index (χ0n) is 15.5. The lowest BCUT2D eigenvalue weighted by molar-refractivity contribution is -0.162. The Kier molecular flexibility index (Phi) is 14.6. The van der Waals surface area contributed by atoms with Crippen LogP contribution in [0.15, 0.2) is 0 Å². The molecule has 0 spiro atoms. The minimum atomic E-state index is -1.79. The predicted molar refractivity (Wildman–Crippen MR) is 93.4 cm³/mol. The van der Waals surface area contributed by atoms with Crippen molar-refractivity contribution in [3.8, 4) is 0 Å². The Morgan fingerprint density at radius 1 is 0.846 bits per heavy atom. The maximum absolute atomic E-state index is 11.5. The van der Waals surface area contributed by atoms with Crippen LogP contribution in [0, 0.1) is 0 Å². The summed E-state index contributed by atoms with van der Waals surface area (Å²) in [6, 6.07) is 0. The number of hydrogen-bond donors (Lipinski definition) is 3. The summed E-state index contributed by atoms with van der Waals surface area (Å²) in [7, 11) is 0. The average Bonchev–Trinajstić information content (AvgIpc) is 2.59. The molecule has 0 saturated heterocycles. The highest BCUT2D eigenvalue weighted by Crippen LogP contribution is 2.10. The van der Waals surface area contributed by atoms with Crippen LogP contribution in [0.5, 0.6) is 0 Å². The maximum atomic E-state index is 11.5. The minimum absolute atomic E-state index is 0.277. The summed E-state index contributed by atoms with van der Waals surface area (Å²) >= 11 is 0. The summed E-state index contributed by atoms with van der Waals surface area (Å²) in [5.41, 5.74) is 0. The van der Waals surface area contributed by atoms with Crippen LogP contribution in [0.25, 0.3) is 0 Å². The molecule has 0 rings (SSSR count). The van der Waals surface area contributed by atoms with Gasteiger partial charge in [-0.1, -0.05) is 51.9 Å². The highest BCUT2D eigenvalue weighted by atomic mass is 16.6. The Morgan fingerprint density at radius 3 is 1.96 bits per heavy atom. The molecule has 3 N–H and O–H groups in total. The Balaban J connectivity index is 3.63. The van der Waals surface area contributed by atoms with Crippen LogP contribution in [-0.2, 0) is 23.9 Å². The summed E-state index contributed by atoms with van der Waals surface area (Å²) < 4.78 is 9.44. The van der Waals surface area contributed by atoms with Gasteiger partial charge in [0.15, 0.2) is 6.10 Å². The summed E-state index contributed by atoms with van der Waals surface area (Å²) in [4.78, 5) is 33.1. The standard InChI is InChI=1S/C18H32O8/c1-2-3-4-5-6-7-8-9-10-17(23)25-12-14(19)13-26-18(24)15(20)11-16(21)22/h14-15,19-20H,2-13H2,1H3,(H,21,22)/t14?,15-/m1/s1. The first-order valence-corrected chi connectivity index (χ1v) is 9.27. The van der Waals surface area contributed by atoms with Gasteiger partial charge >= 0.3 is 17.9 Å². The molecular weight excluding hydrogens is 344 g/mol. The van der Waals surface area contributed by atoms with Gasteiger partial charge in [0.25, 0.3) is 0 Å². The highest BCUT2D eigenvalue weighted by molar-refractivity contribution is 5.80. The topological polar surface area (TPSA) is 130 Å². The Labute approximate surface area is 154 Å². The number of esters is 2. The van der Waals surface area contributed by atoms with Gasteiger partial charge < -0.3 is 24.8 Å². The molecule has 0 saturated carbocycles. The minimum Gasteiger partial charge on any atom is -0.481 e. The third-order valence-electron chi connectivity index (χ3n) is 3.73. The normalized spacial score (nSPS) is 13.0. The molecule has 0 heterocycles. The van der Waals surface area contributed by atoms with E-state index in [-0.39, 0.29) is 13.0 Å². The van der Waals surface area contributed by atoms with E-state index in [0.29, 0.717) is 0 Å². The number of hydrogen-bond acceptors (Lipinski definition) is 7. The molecule has 0 fully saturated rings. The zero-order valence-corrected chi connectivity index (χ0v) is 15.5. The third kappa shape index (κ3) is 14.7. The molecule has 1 unspecified atom stereocenters. The SMILES string of the molecule is CCCCCCCCCCC(=O)OCC(O)COC(=O)[C@H](O)CC(=O)O. The number of aliphatic hydroxyl groups excluding tert-OH is 2. The number of carboxylic acids is 1. The van der Waals surface area contributed by atoms with E-state index in [1.807, 2.05) is 0 Å². The number of unbranched alkanes of at least 4 members (excludes halogenated alkanes) is 7. The van der Waals surface area contributed by atoms with E-state index in [1.54, 1.807) is 0 Å². The molecule has 0 aliphatic heterocycles. The lowest BCUT2D eigenvalue weighted by Crippen LogP contribution is -2.31. The van der Waals surface area contributed by atoms with E-state index in [2.05, 4.69) is 11.7 Å². The van der Waals surface area contributed by atoms with Crippen molar-refractivity contribution in [2.45, 2.75) is 83.3 Å². The molecule has 152 valence electrons. The molecule has 8 nitrogen and oxygen atoms in total. The van der Waals surface area contributed by atoms with Gasteiger partial charge in [-0.3, -0.25) is 9.59 Å². The van der Waals surface area contributed by atoms with Crippen molar-refractivity contribution < 1.29 is 39.2 Å². The van der Waals surface area contributed by atoms with Crippen LogP contribution >= 0.6 is 0 Å². The number of carbonyl (C=O) groups excluding carboxylic acids is 2. The Hall–Kier alpha value is -1.67. The van der Waals surface area contributed by atoms with Crippen LogP contribution in [0.2, 0.25) is 0 Å². The largest absolute Gasteiger partial charge is 0.481 e. The van der Waals surface area contributed by atoms with E-state index in [9.17, 15) is 24.6 Å². The smallest absolute Gasteiger partial charge is 0.335 e. The average molecular weight is 376 g/mol. The fourth-order valence-electron chi connectivity index (χ4n) is 2.24. The summed E-state index contributed by atoms with van der Waals surface area (Å²) in [5, 5.41) is 27.2. The highest BCUT2D eigenvalue weighted by Gasteiger charge is 2.21. The van der Waals surface area contributed by atoms with Gasteiger partial charge in [0.05, 0.1) is 6.42 Å². The molecular formula is C18H32O8. The van der Waals surface area contributed by atoms with E-state index in [0.717, 1.165) is 19.3 Å². The van der Waals surface area contributed by atoms with Crippen molar-refractivity contribution in [1.29, 1.82) is 0 Å². The molecule has 0 aromatic rings. The van der Waals surface area contributed by atoms with Gasteiger partial charge in [0, 0.05) is 6.42 Å². The fourth-order valence-corrected chi connectivity index (χ4v) is 2.24. The van der Waals surface area contributed by atoms with Crippen molar-refractivity contribution in [2.24, 2.45) is 0 Å². The Morgan fingerprint density at radius 2 is 1.38 bits per heavy atom. The molecule has 26 heavy (non-hydrogen) atoms. The second kappa shape index (κ2) is 15.6. The van der Waals surface area contributed by atoms with Crippen molar-refractivity contribution in [3.63, 3.8) is 0 Å². The van der Waals surface area contributed by atoms with Gasteiger partial charge in [0.1, 0.15) is 19.3 Å². The lowest BCUT2D eigenvalue weighted by Gasteiger charge is -2.13. The van der Waals surface area contributed by atoms with E-state index >= 15 is 0 Å². The maximum Gasteiger partial charge on any atom is 0.335 e. The third-order valence-corrected chi connectivity index (χ3v) is 3.73. The van der Waals surface area contributed by atoms with Crippen LogP contribution in [0.4, 0.5) is 0 Å². The molecule has 0 amide bonds. The zero-order chi connectivity index (χ0) is 19.8. The lowest BCUT2D eigenvalue weighted by atomic mass is 10.1. The number of rotatable bonds is 16. The first kappa shape index (κ1) is 24.3. The van der Waals surface area contributed by atoms with Crippen molar-refractivity contribution >= 4 is 17.9 Å². The quantitative estimate of drug-likeness (QED) is 0.275. The first-order chi connectivity index (χ1) is 12.4. The fraction of sp³-hybridized carbons (Fsp3) is 0.833. The predicted octanol–water partition coefficient (Wildman–Crippen LogP) is 1.80. The molecule has 0 radical (unpaired) electrons. The van der Waals surface area contributed by atoms with Gasteiger partial charge in [-0.25, -0.2) is 4.79 Å². The van der Waals surface area contributed by atoms with E-state index < -0.39 is 43.1 Å². The van der Waals surface area contributed by atoms with Crippen LogP contribution in [0.3, 0.4) is 0 Å². The summed E-state index contributed by atoms with van der Waals surface area (Å²) in [5.74, 6) is -2.91. The Bertz CT molecular complexity index is 410. The number of ether oxygens (including phenoxy) is 2. The van der Waals surface area contributed by atoms with Crippen LogP contribution in [0.1, 0.15) is 71.1 Å². The molecule has 0 bridgehead atoms. The first-order valence-electron chi connectivity index (χ1n) is 9.27. The monoisotopic (exact) mass is 376 g/mol. The van der Waals surface area contributed by atoms with Crippen LogP contribution in [-0.4, -0.2) is 58.6 Å². The van der Waals surface area contributed by atoms with E-state index in [4.69, 9.17) is 9.84 Å². The number of carboxylic acid groups (broad SMARTS) is 1. The number of carbonyl (C=O) groups is 3. The molecule has 8 heteroatoms. The summed E-state index contributed by atoms with van der Waals surface area (Å²) in [6.45, 7) is 1.37. The van der Waals surface area contributed by atoms with Gasteiger partial charge in [-0.05, 0) is 6.42 Å². The van der Waals surface area contributed by atoms with E-state index in [1.165, 1.54) is 32.1 Å². The van der Waals surface area contributed by atoms with Crippen LogP contribution < -0.4 is 0 Å². The van der Waals surface area contributed by atoms with Gasteiger partial charge in [0.2, 0.25) is 0 Å². The molecule has 0 aromatic carbocycles. The second-order valence-corrected chi connectivity index (χ2v) is 6.31. The number of aliphatic carboxylic acids is 1. The second-order valence-electron chi connectivity index (χ2n) is 6.31. The molecule has 2 atom stereocenters. The molecule has 0 aliphatic carbocycles.